The molecule has 2 unspecified atom stereocenters. The summed E-state index contributed by atoms with van der Waals surface area (Å²) in [7, 11) is 1.37. The molecule has 52 heavy (non-hydrogen) atoms. The number of tetrazole rings is 1. The summed E-state index contributed by atoms with van der Waals surface area (Å²) >= 11 is 0. The van der Waals surface area contributed by atoms with Gasteiger partial charge in [0.15, 0.2) is 0 Å². The first-order valence-corrected chi connectivity index (χ1v) is 16.8. The molecule has 0 N–H and O–H groups in total. The van der Waals surface area contributed by atoms with Crippen molar-refractivity contribution in [3.05, 3.63) is 64.2 Å². The zero-order chi connectivity index (χ0) is 38.2. The molecule has 1 aliphatic carbocycles. The fraction of sp³-hybridized carbons (Fsp3) is 0.559. The number of amides is 1. The van der Waals surface area contributed by atoms with E-state index < -0.39 is 65.3 Å². The van der Waals surface area contributed by atoms with Crippen LogP contribution in [0.25, 0.3) is 0 Å². The second kappa shape index (κ2) is 14.9. The van der Waals surface area contributed by atoms with E-state index in [2.05, 4.69) is 15.4 Å². The monoisotopic (exact) mass is 748 g/mol. The lowest BCUT2D eigenvalue weighted by Gasteiger charge is -2.46. The third-order valence-corrected chi connectivity index (χ3v) is 9.63. The highest BCUT2D eigenvalue weighted by molar-refractivity contribution is 5.97. The minimum absolute atomic E-state index is 0.0130. The van der Waals surface area contributed by atoms with Gasteiger partial charge in [-0.3, -0.25) is 9.59 Å². The van der Waals surface area contributed by atoms with Crippen LogP contribution < -0.4 is 9.80 Å². The number of aromatic nitrogens is 4. The molecular weight excluding hydrogens is 711 g/mol. The van der Waals surface area contributed by atoms with Crippen LogP contribution in [-0.4, -0.2) is 44.7 Å². The molecule has 1 amide bonds. The summed E-state index contributed by atoms with van der Waals surface area (Å²) in [4.78, 5) is 30.0. The van der Waals surface area contributed by atoms with Crippen LogP contribution in [0, 0.1) is 11.8 Å². The van der Waals surface area contributed by atoms with Crippen molar-refractivity contribution in [3.63, 3.8) is 0 Å². The molecule has 1 fully saturated rings. The third kappa shape index (κ3) is 8.62. The number of ether oxygens (including phenoxy) is 1. The van der Waals surface area contributed by atoms with Crippen LogP contribution in [0.4, 0.5) is 51.1 Å². The van der Waals surface area contributed by atoms with Crippen molar-refractivity contribution >= 4 is 23.5 Å². The zero-order valence-corrected chi connectivity index (χ0v) is 28.4. The van der Waals surface area contributed by atoms with E-state index >= 15 is 0 Å². The number of anilines is 2. The lowest BCUT2D eigenvalue weighted by atomic mass is 9.79. The first kappa shape index (κ1) is 38.8. The summed E-state index contributed by atoms with van der Waals surface area (Å²) in [6.45, 7) is 3.04. The van der Waals surface area contributed by atoms with Crippen molar-refractivity contribution in [2.24, 2.45) is 18.9 Å². The van der Waals surface area contributed by atoms with Crippen molar-refractivity contribution in [2.75, 3.05) is 16.4 Å². The van der Waals surface area contributed by atoms with E-state index in [4.69, 9.17) is 4.74 Å². The quantitative estimate of drug-likeness (QED) is 0.161. The standard InChI is InChI=1S/C34H37F9N6O3/c1-4-25-17-28(48(31-44-46-47(3)45-31)18-20-12-23(33(38,39)40)15-24(13-20)34(41,42)43)26-16-22(32(35,36)37)10-11-27(26)49(25)30(51)21-8-6-19(7-9-21)14-29(50)52-5-2/h10-13,15-16,19,21,25,28H,4-9,14,17-18H2,1-3H3. The number of carbonyl (C=O) groups excluding carboxylic acids is 2. The molecule has 1 aromatic heterocycles. The normalized spacial score (nSPS) is 21.1. The molecule has 0 radical (unpaired) electrons. The number of hydrogen-bond acceptors (Lipinski definition) is 7. The lowest BCUT2D eigenvalue weighted by Crippen LogP contribution is -2.50. The van der Waals surface area contributed by atoms with Gasteiger partial charge in [-0.1, -0.05) is 12.0 Å². The number of nitrogens with zero attached hydrogens (tertiary/aromatic N) is 6. The number of halogens is 9. The van der Waals surface area contributed by atoms with E-state index in [1.54, 1.807) is 13.8 Å². The van der Waals surface area contributed by atoms with Gasteiger partial charge in [0.1, 0.15) is 0 Å². The van der Waals surface area contributed by atoms with Gasteiger partial charge < -0.3 is 14.5 Å². The van der Waals surface area contributed by atoms with Crippen molar-refractivity contribution < 1.29 is 53.8 Å². The first-order chi connectivity index (χ1) is 24.3. The Morgan fingerprint density at radius 2 is 1.48 bits per heavy atom. The van der Waals surface area contributed by atoms with Crippen LogP contribution in [0.1, 0.15) is 92.7 Å². The molecule has 1 aliphatic heterocycles. The summed E-state index contributed by atoms with van der Waals surface area (Å²) in [6, 6.07) is 2.15. The third-order valence-electron chi connectivity index (χ3n) is 9.63. The maximum atomic E-state index is 14.2. The molecule has 9 nitrogen and oxygen atoms in total. The van der Waals surface area contributed by atoms with Crippen LogP contribution in [0.5, 0.6) is 0 Å². The highest BCUT2D eigenvalue weighted by Gasteiger charge is 2.44. The molecule has 18 heteroatoms. The number of rotatable bonds is 9. The lowest BCUT2D eigenvalue weighted by molar-refractivity contribution is -0.145. The van der Waals surface area contributed by atoms with E-state index in [9.17, 15) is 49.1 Å². The highest BCUT2D eigenvalue weighted by atomic mass is 19.4. The molecule has 0 spiro atoms. The molecule has 0 bridgehead atoms. The van der Waals surface area contributed by atoms with Gasteiger partial charge >= 0.3 is 24.5 Å². The van der Waals surface area contributed by atoms with Crippen LogP contribution in [-0.2, 0) is 46.4 Å². The average molecular weight is 749 g/mol. The van der Waals surface area contributed by atoms with Gasteiger partial charge in [0.25, 0.3) is 5.95 Å². The minimum Gasteiger partial charge on any atom is -0.466 e. The van der Waals surface area contributed by atoms with Crippen LogP contribution in [0.15, 0.2) is 36.4 Å². The number of benzene rings is 2. The topological polar surface area (TPSA) is 93.5 Å². The zero-order valence-electron chi connectivity index (χ0n) is 28.4. The molecule has 2 atom stereocenters. The van der Waals surface area contributed by atoms with Crippen molar-refractivity contribution in [1.29, 1.82) is 0 Å². The molecule has 3 aromatic rings. The minimum atomic E-state index is -5.14. The van der Waals surface area contributed by atoms with Crippen LogP contribution in [0.2, 0.25) is 0 Å². The van der Waals surface area contributed by atoms with Gasteiger partial charge in [0, 0.05) is 30.6 Å². The van der Waals surface area contributed by atoms with Gasteiger partial charge in [-0.05, 0) is 104 Å². The number of aryl methyl sites for hydroxylation is 1. The van der Waals surface area contributed by atoms with Crippen LogP contribution >= 0.6 is 0 Å². The number of fused-ring (bicyclic) bond motifs is 1. The maximum absolute atomic E-state index is 14.2. The Morgan fingerprint density at radius 3 is 2.00 bits per heavy atom. The van der Waals surface area contributed by atoms with Crippen molar-refractivity contribution in [1.82, 2.24) is 20.2 Å². The molecule has 0 saturated heterocycles. The molecule has 2 heterocycles. The van der Waals surface area contributed by atoms with Gasteiger partial charge in [0.2, 0.25) is 5.91 Å². The Bertz CT molecular complexity index is 1720. The molecule has 284 valence electrons. The summed E-state index contributed by atoms with van der Waals surface area (Å²) < 4.78 is 130. The van der Waals surface area contributed by atoms with E-state index in [1.165, 1.54) is 22.9 Å². The van der Waals surface area contributed by atoms with E-state index in [0.29, 0.717) is 44.2 Å². The molecular formula is C34H37F9N6O3. The number of alkyl halides is 9. The van der Waals surface area contributed by atoms with Crippen molar-refractivity contribution in [2.45, 2.75) is 96.0 Å². The van der Waals surface area contributed by atoms with Gasteiger partial charge in [-0.15, -0.1) is 5.10 Å². The van der Waals surface area contributed by atoms with E-state index in [-0.39, 0.29) is 60.5 Å². The number of esters is 1. The smallest absolute Gasteiger partial charge is 0.416 e. The average Bonchev–Trinajstić information content (AvgIpc) is 3.50. The van der Waals surface area contributed by atoms with Crippen molar-refractivity contribution in [3.8, 4) is 0 Å². The summed E-state index contributed by atoms with van der Waals surface area (Å²) in [6.07, 6.45) is -12.7. The Morgan fingerprint density at radius 1 is 0.865 bits per heavy atom. The SMILES string of the molecule is CCOC(=O)CC1CCC(C(=O)N2c3ccc(C(F)(F)F)cc3C(N(Cc3cc(C(F)(F)F)cc(C(F)(F)F)c3)c3nnn(C)n3)CC2CC)CC1. The molecule has 5 rings (SSSR count). The highest BCUT2D eigenvalue weighted by Crippen LogP contribution is 2.47. The molecule has 2 aliphatic rings. The largest absolute Gasteiger partial charge is 0.466 e. The number of hydrogen-bond donors (Lipinski definition) is 0. The van der Waals surface area contributed by atoms with Gasteiger partial charge in [-0.25, -0.2) is 0 Å². The second-order valence-corrected chi connectivity index (χ2v) is 13.1. The Balaban J connectivity index is 1.57. The van der Waals surface area contributed by atoms with E-state index in [0.717, 1.165) is 16.9 Å². The predicted octanol–water partition coefficient (Wildman–Crippen LogP) is 8.29. The second-order valence-electron chi connectivity index (χ2n) is 13.1. The summed E-state index contributed by atoms with van der Waals surface area (Å²) in [5.41, 5.74) is -4.54. The molecule has 1 saturated carbocycles. The Hall–Kier alpha value is -4.38. The summed E-state index contributed by atoms with van der Waals surface area (Å²) in [5.74, 6) is -1.39. The van der Waals surface area contributed by atoms with Gasteiger partial charge in [-0.2, -0.15) is 44.3 Å². The summed E-state index contributed by atoms with van der Waals surface area (Å²) in [5, 5.41) is 11.8. The Kier molecular flexibility index (Phi) is 11.2. The first-order valence-electron chi connectivity index (χ1n) is 16.8. The van der Waals surface area contributed by atoms with Gasteiger partial charge in [0.05, 0.1) is 36.4 Å². The van der Waals surface area contributed by atoms with Crippen LogP contribution in [0.3, 0.4) is 0 Å². The fourth-order valence-electron chi connectivity index (χ4n) is 7.13. The molecule has 2 aromatic carbocycles. The van der Waals surface area contributed by atoms with E-state index in [1.807, 2.05) is 0 Å². The number of carbonyl (C=O) groups is 2. The Labute approximate surface area is 293 Å². The predicted molar refractivity (Wildman–Crippen MR) is 168 cm³/mol. The fourth-order valence-corrected chi connectivity index (χ4v) is 7.13. The maximum Gasteiger partial charge on any atom is 0.416 e.